The van der Waals surface area contributed by atoms with Gasteiger partial charge in [-0.15, -0.1) is 6.58 Å². The molecule has 0 bridgehead atoms. The van der Waals surface area contributed by atoms with Crippen molar-refractivity contribution >= 4 is 34.4 Å². The summed E-state index contributed by atoms with van der Waals surface area (Å²) in [5, 5.41) is 41.1. The summed E-state index contributed by atoms with van der Waals surface area (Å²) < 4.78 is 26.7. The second-order valence-corrected chi connectivity index (χ2v) is 17.8. The van der Waals surface area contributed by atoms with Crippen LogP contribution in [0.5, 0.6) is 17.2 Å². The van der Waals surface area contributed by atoms with Crippen LogP contribution in [0.2, 0.25) is 0 Å². The Labute approximate surface area is 407 Å². The molecule has 70 heavy (non-hydrogen) atoms. The van der Waals surface area contributed by atoms with E-state index in [2.05, 4.69) is 18.0 Å². The maximum absolute atomic E-state index is 15.3. The highest BCUT2D eigenvalue weighted by molar-refractivity contribution is 6.03. The maximum atomic E-state index is 15.3. The average molecular weight is 953 g/mol. The Hall–Kier alpha value is -7.07. The fourth-order valence-electron chi connectivity index (χ4n) is 10.5. The van der Waals surface area contributed by atoms with E-state index in [1.54, 1.807) is 23.1 Å². The van der Waals surface area contributed by atoms with Gasteiger partial charge in [0.15, 0.2) is 0 Å². The molecule has 1 heterocycles. The molecule has 3 N–H and O–H groups in total. The first-order chi connectivity index (χ1) is 34.2. The minimum Gasteiger partial charge on any atom is -0.459 e. The van der Waals surface area contributed by atoms with Gasteiger partial charge >= 0.3 is 12.2 Å². The Balaban J connectivity index is 1.31. The molecule has 6 atom stereocenters. The van der Waals surface area contributed by atoms with Gasteiger partial charge in [-0.2, -0.15) is 0 Å². The molecule has 15 heteroatoms. The number of hydrogen-bond donors (Lipinski definition) is 3. The number of hydrogen-bond acceptors (Lipinski definition) is 12. The number of rotatable bonds is 21. The lowest BCUT2D eigenvalue weighted by molar-refractivity contribution is -0.384. The zero-order valence-electron chi connectivity index (χ0n) is 39.3. The van der Waals surface area contributed by atoms with Gasteiger partial charge in [-0.1, -0.05) is 103 Å². The lowest BCUT2D eigenvalue weighted by atomic mass is 9.55. The van der Waals surface area contributed by atoms with Crippen LogP contribution >= 0.6 is 0 Å². The number of ether oxygens (including phenoxy) is 4. The van der Waals surface area contributed by atoms with Crippen LogP contribution in [0.15, 0.2) is 145 Å². The predicted molar refractivity (Wildman–Crippen MR) is 265 cm³/mol. The van der Waals surface area contributed by atoms with E-state index in [1.165, 1.54) is 24.3 Å². The molecule has 1 aliphatic heterocycles. The van der Waals surface area contributed by atoms with E-state index in [0.29, 0.717) is 42.9 Å². The third-order valence-electron chi connectivity index (χ3n) is 13.5. The van der Waals surface area contributed by atoms with Gasteiger partial charge in [0.2, 0.25) is 5.79 Å². The number of benzene rings is 5. The number of non-ortho nitro benzene ring substituents is 1. The van der Waals surface area contributed by atoms with Gasteiger partial charge in [0.25, 0.3) is 5.69 Å². The van der Waals surface area contributed by atoms with Crippen molar-refractivity contribution < 1.29 is 48.5 Å². The summed E-state index contributed by atoms with van der Waals surface area (Å²) in [6.07, 6.45) is 6.68. The summed E-state index contributed by atoms with van der Waals surface area (Å²) in [5.74, 6) is -1.96. The number of unbranched alkanes of at least 4 members (excludes halogenated alkanes) is 2. The van der Waals surface area contributed by atoms with Crippen LogP contribution in [0, 0.1) is 27.9 Å². The number of carbonyl (C=O) groups is 2. The minimum atomic E-state index is -1.64. The number of allylic oxidation sites excluding steroid dienone is 1. The van der Waals surface area contributed by atoms with Gasteiger partial charge in [0, 0.05) is 49.8 Å². The summed E-state index contributed by atoms with van der Waals surface area (Å²) >= 11 is 0. The van der Waals surface area contributed by atoms with Crippen molar-refractivity contribution in [2.24, 2.45) is 22.9 Å². The van der Waals surface area contributed by atoms with Crippen LogP contribution < -0.4 is 19.5 Å². The van der Waals surface area contributed by atoms with E-state index in [4.69, 9.17) is 28.9 Å². The fourth-order valence-corrected chi connectivity index (χ4v) is 10.5. The highest BCUT2D eigenvalue weighted by Crippen LogP contribution is 2.62. The van der Waals surface area contributed by atoms with Crippen LogP contribution in [0.4, 0.5) is 15.3 Å². The quantitative estimate of drug-likeness (QED) is 0.0274. The third kappa shape index (κ3) is 10.9. The van der Waals surface area contributed by atoms with E-state index >= 15 is 4.79 Å². The highest BCUT2D eigenvalue weighted by atomic mass is 16.7. The van der Waals surface area contributed by atoms with Crippen molar-refractivity contribution in [1.82, 2.24) is 10.2 Å². The normalized spacial score (nSPS) is 21.6. The molecule has 366 valence electrons. The van der Waals surface area contributed by atoms with Crippen LogP contribution in [0.1, 0.15) is 74.5 Å². The van der Waals surface area contributed by atoms with E-state index in [0.717, 1.165) is 45.9 Å². The number of aliphatic hydroxyl groups is 2. The summed E-state index contributed by atoms with van der Waals surface area (Å²) in [6.45, 7) is 6.54. The molecular weight excluding hydrogens is 893 g/mol. The average Bonchev–Trinajstić information content (AvgIpc) is 3.37. The largest absolute Gasteiger partial charge is 0.459 e. The summed E-state index contributed by atoms with van der Waals surface area (Å²) in [4.78, 5) is 47.2. The molecule has 2 amide bonds. The second-order valence-electron chi connectivity index (χ2n) is 17.8. The summed E-state index contributed by atoms with van der Waals surface area (Å²) in [6, 6.07) is 33.0. The number of nitrogens with zero attached hydrogens (tertiary/aromatic N) is 3. The zero-order chi connectivity index (χ0) is 49.0. The molecule has 3 aliphatic rings. The molecule has 2 aliphatic carbocycles. The van der Waals surface area contributed by atoms with E-state index in [1.807, 2.05) is 85.8 Å². The number of amides is 2. The van der Waals surface area contributed by atoms with Crippen LogP contribution in [-0.4, -0.2) is 76.2 Å². The number of fused-ring (bicyclic) bond motifs is 3. The van der Waals surface area contributed by atoms with Crippen molar-refractivity contribution in [2.45, 2.75) is 82.7 Å². The molecule has 5 aromatic carbocycles. The second kappa shape index (κ2) is 23.0. The SMILES string of the molecule is C=CCOC12Oc3ccc(OC(=O)NCc4ccccc4)cc3C3C(CCCCO)C(CCCCO)C=C(C(=NOCC)CC1N(Cc1cccc4ccccc14)C(=O)Oc1ccc([N+](=O)[O-])cc1)C32. The molecule has 0 saturated heterocycles. The van der Waals surface area contributed by atoms with Crippen molar-refractivity contribution in [2.75, 3.05) is 26.4 Å². The van der Waals surface area contributed by atoms with Crippen molar-refractivity contribution in [3.05, 3.63) is 166 Å². The molecule has 0 radical (unpaired) electrons. The number of nitro groups is 1. The maximum Gasteiger partial charge on any atom is 0.416 e. The number of nitrogens with one attached hydrogen (secondary N) is 1. The Morgan fingerprint density at radius 3 is 2.39 bits per heavy atom. The fraction of sp³-hybridized carbons (Fsp3) is 0.364. The molecule has 5 aromatic rings. The van der Waals surface area contributed by atoms with Gasteiger partial charge in [0.05, 0.1) is 29.7 Å². The van der Waals surface area contributed by atoms with Gasteiger partial charge in [-0.3, -0.25) is 15.0 Å². The number of carbonyl (C=O) groups excluding carboxylic acids is 2. The molecule has 6 unspecified atom stereocenters. The van der Waals surface area contributed by atoms with Crippen LogP contribution in [-0.2, 0) is 22.7 Å². The number of aliphatic hydroxyl groups excluding tert-OH is 2. The monoisotopic (exact) mass is 952 g/mol. The van der Waals surface area contributed by atoms with Crippen molar-refractivity contribution in [3.8, 4) is 17.2 Å². The molecular formula is C55H60N4O11. The number of nitro benzene ring substituents is 1. The molecule has 0 spiro atoms. The molecule has 8 rings (SSSR count). The first-order valence-electron chi connectivity index (χ1n) is 24.1. The third-order valence-corrected chi connectivity index (χ3v) is 13.5. The smallest absolute Gasteiger partial charge is 0.416 e. The molecule has 0 aromatic heterocycles. The first kappa shape index (κ1) is 49.4. The highest BCUT2D eigenvalue weighted by Gasteiger charge is 2.66. The Morgan fingerprint density at radius 2 is 1.64 bits per heavy atom. The van der Waals surface area contributed by atoms with Gasteiger partial charge in [-0.25, -0.2) is 9.59 Å². The summed E-state index contributed by atoms with van der Waals surface area (Å²) in [5.41, 5.74) is 3.76. The first-order valence-corrected chi connectivity index (χ1v) is 24.1. The van der Waals surface area contributed by atoms with Crippen molar-refractivity contribution in [1.29, 1.82) is 0 Å². The van der Waals surface area contributed by atoms with Gasteiger partial charge < -0.3 is 39.3 Å². The Kier molecular flexibility index (Phi) is 16.2. The van der Waals surface area contributed by atoms with E-state index in [9.17, 15) is 25.1 Å². The number of oxime groups is 1. The molecule has 15 nitrogen and oxygen atoms in total. The van der Waals surface area contributed by atoms with E-state index in [-0.39, 0.29) is 69.2 Å². The molecule has 1 fully saturated rings. The topological polar surface area (TPSA) is 192 Å². The Bertz CT molecular complexity index is 2690. The van der Waals surface area contributed by atoms with Crippen LogP contribution in [0.25, 0.3) is 10.8 Å². The lowest BCUT2D eigenvalue weighted by Crippen LogP contribution is -2.70. The van der Waals surface area contributed by atoms with Crippen molar-refractivity contribution in [3.63, 3.8) is 0 Å². The van der Waals surface area contributed by atoms with E-state index < -0.39 is 40.8 Å². The minimum absolute atomic E-state index is 0.0203. The Morgan fingerprint density at radius 1 is 0.914 bits per heavy atom. The predicted octanol–water partition coefficient (Wildman–Crippen LogP) is 10.4. The summed E-state index contributed by atoms with van der Waals surface area (Å²) in [7, 11) is 0. The van der Waals surface area contributed by atoms with Gasteiger partial charge in [-0.05, 0) is 102 Å². The van der Waals surface area contributed by atoms with Gasteiger partial charge in [0.1, 0.15) is 29.9 Å². The standard InChI is InChI=1S/C55H60N4O11/c1-3-31-66-55-50(58(36-40-20-14-19-38-17-8-9-21-44(38)40)54(63)69-42-25-23-41(24-26-42)59(64)65)34-48(57-67-4-2)46-32-39(18-10-12-29-60)45(22-11-13-30-61)51(52(46)55)47-33-43(27-28-49(47)70-55)68-53(62)56-35-37-15-6-5-7-16-37/h3,5-9,14-17,19-21,23-28,32-33,39,45,50-52,60-61H,1,4,10-13,18,22,29-31,34-36H2,2H3,(H,56,62). The zero-order valence-corrected chi connectivity index (χ0v) is 39.3. The lowest BCUT2D eigenvalue weighted by Gasteiger charge is -2.59. The molecule has 1 saturated carbocycles. The van der Waals surface area contributed by atoms with Crippen LogP contribution in [0.3, 0.4) is 0 Å².